The van der Waals surface area contributed by atoms with E-state index < -0.39 is 22.9 Å². The van der Waals surface area contributed by atoms with Gasteiger partial charge in [0.05, 0.1) is 18.0 Å². The molecule has 0 fully saturated rings. The molecular weight excluding hydrogens is 252 g/mol. The number of carboxylic acids is 1. The van der Waals surface area contributed by atoms with Crippen LogP contribution >= 0.6 is 0 Å². The van der Waals surface area contributed by atoms with Gasteiger partial charge in [-0.25, -0.2) is 0 Å². The van der Waals surface area contributed by atoms with Crippen LogP contribution < -0.4 is 10.1 Å². The number of rotatable bonds is 6. The number of benzene rings is 1. The first-order valence-electron chi connectivity index (χ1n) is 5.69. The summed E-state index contributed by atoms with van der Waals surface area (Å²) >= 11 is 0. The number of nitro groups is 1. The minimum absolute atomic E-state index is 0.130. The van der Waals surface area contributed by atoms with E-state index in [9.17, 15) is 14.9 Å². The van der Waals surface area contributed by atoms with E-state index >= 15 is 0 Å². The first-order valence-corrected chi connectivity index (χ1v) is 5.69. The summed E-state index contributed by atoms with van der Waals surface area (Å²) in [6.45, 7) is 3.19. The Morgan fingerprint density at radius 3 is 2.58 bits per heavy atom. The van der Waals surface area contributed by atoms with Crippen molar-refractivity contribution in [2.24, 2.45) is 5.92 Å². The molecule has 2 N–H and O–H groups in total. The zero-order valence-corrected chi connectivity index (χ0v) is 10.9. The number of nitrogens with zero attached hydrogens (tertiary/aromatic N) is 1. The second kappa shape index (κ2) is 6.03. The summed E-state index contributed by atoms with van der Waals surface area (Å²) in [6.07, 6.45) is 0. The number of hydrogen-bond donors (Lipinski definition) is 2. The van der Waals surface area contributed by atoms with Crippen LogP contribution in [0.3, 0.4) is 0 Å². The number of carbonyl (C=O) groups is 1. The van der Waals surface area contributed by atoms with Crippen molar-refractivity contribution in [1.29, 1.82) is 0 Å². The first kappa shape index (κ1) is 14.7. The van der Waals surface area contributed by atoms with Crippen LogP contribution in [-0.2, 0) is 4.79 Å². The van der Waals surface area contributed by atoms with Gasteiger partial charge in [-0.3, -0.25) is 14.9 Å². The molecule has 0 aliphatic carbocycles. The quantitative estimate of drug-likeness (QED) is 0.605. The number of para-hydroxylation sites is 1. The number of aliphatic carboxylic acids is 1. The number of carboxylic acid groups (broad SMARTS) is 1. The molecule has 0 aliphatic heterocycles. The molecule has 2 unspecified atom stereocenters. The SMILES string of the molecule is COc1cccc(NC(C)C(C)C(=O)O)c1[N+](=O)[O-]. The summed E-state index contributed by atoms with van der Waals surface area (Å²) in [4.78, 5) is 21.4. The fourth-order valence-corrected chi connectivity index (χ4v) is 1.58. The van der Waals surface area contributed by atoms with Crippen molar-refractivity contribution >= 4 is 17.3 Å². The predicted molar refractivity (Wildman–Crippen MR) is 69.5 cm³/mol. The van der Waals surface area contributed by atoms with Crippen molar-refractivity contribution in [2.45, 2.75) is 19.9 Å². The summed E-state index contributed by atoms with van der Waals surface area (Å²) in [5.41, 5.74) is 0.0411. The molecule has 104 valence electrons. The Hall–Kier alpha value is -2.31. The molecule has 2 atom stereocenters. The van der Waals surface area contributed by atoms with Crippen LogP contribution in [-0.4, -0.2) is 29.2 Å². The number of hydrogen-bond acceptors (Lipinski definition) is 5. The van der Waals surface area contributed by atoms with Crippen LogP contribution in [0, 0.1) is 16.0 Å². The predicted octanol–water partition coefficient (Wildman–Crippen LogP) is 2.12. The van der Waals surface area contributed by atoms with Gasteiger partial charge in [0, 0.05) is 6.04 Å². The van der Waals surface area contributed by atoms with Gasteiger partial charge in [-0.1, -0.05) is 6.07 Å². The van der Waals surface area contributed by atoms with Crippen LogP contribution in [0.5, 0.6) is 5.75 Å². The standard InChI is InChI=1S/C12H16N2O5/c1-7(12(15)16)8(2)13-9-5-4-6-10(19-3)11(9)14(17)18/h4-8,13H,1-3H3,(H,15,16). The molecule has 0 aromatic heterocycles. The second-order valence-corrected chi connectivity index (χ2v) is 4.17. The third-order valence-corrected chi connectivity index (χ3v) is 2.92. The minimum Gasteiger partial charge on any atom is -0.490 e. The Bertz CT molecular complexity index is 489. The summed E-state index contributed by atoms with van der Waals surface area (Å²) in [6, 6.07) is 4.15. The van der Waals surface area contributed by atoms with E-state index in [-0.39, 0.29) is 17.1 Å². The lowest BCUT2D eigenvalue weighted by molar-refractivity contribution is -0.384. The molecule has 19 heavy (non-hydrogen) atoms. The number of anilines is 1. The number of nitrogens with one attached hydrogen (secondary N) is 1. The molecule has 0 saturated carbocycles. The summed E-state index contributed by atoms with van der Waals surface area (Å²) in [5.74, 6) is -1.51. The number of nitro benzene ring substituents is 1. The fourth-order valence-electron chi connectivity index (χ4n) is 1.58. The number of ether oxygens (including phenoxy) is 1. The van der Waals surface area contributed by atoms with Crippen LogP contribution in [0.4, 0.5) is 11.4 Å². The molecule has 0 amide bonds. The van der Waals surface area contributed by atoms with Crippen molar-refractivity contribution < 1.29 is 19.6 Å². The van der Waals surface area contributed by atoms with Crippen molar-refractivity contribution in [3.63, 3.8) is 0 Å². The average molecular weight is 268 g/mol. The van der Waals surface area contributed by atoms with Crippen LogP contribution in [0.25, 0.3) is 0 Å². The molecule has 1 aromatic rings. The van der Waals surface area contributed by atoms with Gasteiger partial charge in [0.1, 0.15) is 5.69 Å². The first-order chi connectivity index (χ1) is 8.88. The highest BCUT2D eigenvalue weighted by atomic mass is 16.6. The van der Waals surface area contributed by atoms with Crippen LogP contribution in [0.1, 0.15) is 13.8 Å². The Morgan fingerprint density at radius 1 is 1.47 bits per heavy atom. The van der Waals surface area contributed by atoms with Crippen molar-refractivity contribution in [2.75, 3.05) is 12.4 Å². The van der Waals surface area contributed by atoms with E-state index in [0.29, 0.717) is 0 Å². The van der Waals surface area contributed by atoms with E-state index in [1.165, 1.54) is 26.2 Å². The van der Waals surface area contributed by atoms with Crippen molar-refractivity contribution in [3.8, 4) is 5.75 Å². The Balaban J connectivity index is 3.07. The summed E-state index contributed by atoms with van der Waals surface area (Å²) in [5, 5.41) is 22.8. The van der Waals surface area contributed by atoms with E-state index in [1.807, 2.05) is 0 Å². The van der Waals surface area contributed by atoms with Gasteiger partial charge in [0.2, 0.25) is 0 Å². The normalized spacial score (nSPS) is 13.4. The average Bonchev–Trinajstić information content (AvgIpc) is 2.36. The van der Waals surface area contributed by atoms with Gasteiger partial charge < -0.3 is 15.2 Å². The highest BCUT2D eigenvalue weighted by Crippen LogP contribution is 2.35. The van der Waals surface area contributed by atoms with Crippen molar-refractivity contribution in [1.82, 2.24) is 0 Å². The third kappa shape index (κ3) is 3.34. The monoisotopic (exact) mass is 268 g/mol. The van der Waals surface area contributed by atoms with Crippen LogP contribution in [0.15, 0.2) is 18.2 Å². The van der Waals surface area contributed by atoms with E-state index in [0.717, 1.165) is 0 Å². The highest BCUT2D eigenvalue weighted by Gasteiger charge is 2.25. The molecule has 1 aromatic carbocycles. The zero-order valence-electron chi connectivity index (χ0n) is 10.9. The van der Waals surface area contributed by atoms with E-state index in [1.54, 1.807) is 13.0 Å². The fraction of sp³-hybridized carbons (Fsp3) is 0.417. The highest BCUT2D eigenvalue weighted by molar-refractivity contribution is 5.73. The van der Waals surface area contributed by atoms with Gasteiger partial charge in [-0.2, -0.15) is 0 Å². The molecule has 1 rings (SSSR count). The van der Waals surface area contributed by atoms with Gasteiger partial charge in [0.25, 0.3) is 0 Å². The summed E-state index contributed by atoms with van der Waals surface area (Å²) < 4.78 is 4.94. The van der Waals surface area contributed by atoms with Gasteiger partial charge in [-0.15, -0.1) is 0 Å². The maximum Gasteiger partial charge on any atom is 0.333 e. The Kier molecular flexibility index (Phi) is 4.68. The van der Waals surface area contributed by atoms with Gasteiger partial charge >= 0.3 is 11.7 Å². The van der Waals surface area contributed by atoms with E-state index in [2.05, 4.69) is 5.32 Å². The molecule has 0 bridgehead atoms. The molecule has 0 radical (unpaired) electrons. The molecule has 0 aliphatic rings. The van der Waals surface area contributed by atoms with Crippen molar-refractivity contribution in [3.05, 3.63) is 28.3 Å². The maximum atomic E-state index is 11.1. The Morgan fingerprint density at radius 2 is 2.11 bits per heavy atom. The van der Waals surface area contributed by atoms with Crippen LogP contribution in [0.2, 0.25) is 0 Å². The van der Waals surface area contributed by atoms with E-state index in [4.69, 9.17) is 9.84 Å². The minimum atomic E-state index is -0.967. The van der Waals surface area contributed by atoms with Gasteiger partial charge in [-0.05, 0) is 26.0 Å². The maximum absolute atomic E-state index is 11.1. The molecular formula is C12H16N2O5. The largest absolute Gasteiger partial charge is 0.490 e. The topological polar surface area (TPSA) is 102 Å². The molecule has 0 heterocycles. The van der Waals surface area contributed by atoms with Gasteiger partial charge in [0.15, 0.2) is 5.75 Å². The summed E-state index contributed by atoms with van der Waals surface area (Å²) in [7, 11) is 1.34. The molecule has 7 nitrogen and oxygen atoms in total. The zero-order chi connectivity index (χ0) is 14.6. The Labute approximate surface area is 110 Å². The smallest absolute Gasteiger partial charge is 0.333 e. The third-order valence-electron chi connectivity index (χ3n) is 2.92. The lowest BCUT2D eigenvalue weighted by atomic mass is 10.0. The molecule has 0 spiro atoms. The number of methoxy groups -OCH3 is 1. The second-order valence-electron chi connectivity index (χ2n) is 4.17. The lowest BCUT2D eigenvalue weighted by Gasteiger charge is -2.19. The molecule has 0 saturated heterocycles. The lowest BCUT2D eigenvalue weighted by Crippen LogP contribution is -2.30. The molecule has 7 heteroatoms.